The zero-order valence-corrected chi connectivity index (χ0v) is 10.3. The SMILES string of the molecule is CNC(=O)CNS(=O)(=O)c1cccc(C(=O)O)c1. The van der Waals surface area contributed by atoms with Gasteiger partial charge in [-0.1, -0.05) is 6.07 Å². The summed E-state index contributed by atoms with van der Waals surface area (Å²) in [6.07, 6.45) is 0. The lowest BCUT2D eigenvalue weighted by molar-refractivity contribution is -0.119. The van der Waals surface area contributed by atoms with Gasteiger partial charge in [0, 0.05) is 7.05 Å². The molecule has 0 aliphatic rings. The molecule has 1 amide bonds. The second-order valence-corrected chi connectivity index (χ2v) is 5.10. The van der Waals surface area contributed by atoms with Crippen LogP contribution < -0.4 is 10.0 Å². The van der Waals surface area contributed by atoms with E-state index in [-0.39, 0.29) is 10.5 Å². The van der Waals surface area contributed by atoms with Crippen LogP contribution in [0.1, 0.15) is 10.4 Å². The summed E-state index contributed by atoms with van der Waals surface area (Å²) >= 11 is 0. The molecule has 0 saturated heterocycles. The molecule has 0 unspecified atom stereocenters. The fourth-order valence-corrected chi connectivity index (χ4v) is 2.16. The van der Waals surface area contributed by atoms with Crippen LogP contribution in [0.5, 0.6) is 0 Å². The maximum Gasteiger partial charge on any atom is 0.335 e. The van der Waals surface area contributed by atoms with Crippen molar-refractivity contribution in [1.29, 1.82) is 0 Å². The number of amides is 1. The summed E-state index contributed by atoms with van der Waals surface area (Å²) in [6.45, 7) is -0.407. The van der Waals surface area contributed by atoms with Crippen molar-refractivity contribution in [3.63, 3.8) is 0 Å². The molecule has 3 N–H and O–H groups in total. The van der Waals surface area contributed by atoms with E-state index in [1.54, 1.807) is 0 Å². The maximum absolute atomic E-state index is 11.7. The molecule has 8 heteroatoms. The summed E-state index contributed by atoms with van der Waals surface area (Å²) in [5.41, 5.74) is -0.141. The van der Waals surface area contributed by atoms with E-state index in [1.165, 1.54) is 25.2 Å². The average molecular weight is 272 g/mol. The Morgan fingerprint density at radius 3 is 2.56 bits per heavy atom. The normalized spacial score (nSPS) is 10.9. The number of rotatable bonds is 5. The van der Waals surface area contributed by atoms with Gasteiger partial charge in [0.1, 0.15) is 0 Å². The van der Waals surface area contributed by atoms with Gasteiger partial charge in [-0.2, -0.15) is 0 Å². The van der Waals surface area contributed by atoms with Crippen molar-refractivity contribution in [3.05, 3.63) is 29.8 Å². The molecule has 7 nitrogen and oxygen atoms in total. The number of aromatic carboxylic acids is 1. The first kappa shape index (κ1) is 14.1. The zero-order valence-electron chi connectivity index (χ0n) is 9.50. The summed E-state index contributed by atoms with van der Waals surface area (Å²) in [4.78, 5) is 21.4. The number of nitrogens with one attached hydrogen (secondary N) is 2. The first-order valence-electron chi connectivity index (χ1n) is 4.90. The van der Waals surface area contributed by atoms with Gasteiger partial charge >= 0.3 is 5.97 Å². The van der Waals surface area contributed by atoms with Gasteiger partial charge in [0.2, 0.25) is 15.9 Å². The molecule has 98 valence electrons. The third-order valence-corrected chi connectivity index (χ3v) is 3.49. The summed E-state index contributed by atoms with van der Waals surface area (Å²) in [5, 5.41) is 11.0. The monoisotopic (exact) mass is 272 g/mol. The number of carbonyl (C=O) groups is 2. The molecule has 0 saturated carbocycles. The topological polar surface area (TPSA) is 113 Å². The Hall–Kier alpha value is -1.93. The van der Waals surface area contributed by atoms with Gasteiger partial charge in [-0.25, -0.2) is 17.9 Å². The van der Waals surface area contributed by atoms with Crippen LogP contribution in [-0.2, 0) is 14.8 Å². The highest BCUT2D eigenvalue weighted by Gasteiger charge is 2.16. The van der Waals surface area contributed by atoms with Gasteiger partial charge in [-0.15, -0.1) is 0 Å². The molecule has 0 fully saturated rings. The van der Waals surface area contributed by atoms with E-state index < -0.39 is 28.4 Å². The minimum absolute atomic E-state index is 0.141. The molecule has 18 heavy (non-hydrogen) atoms. The van der Waals surface area contributed by atoms with Crippen molar-refractivity contribution in [2.75, 3.05) is 13.6 Å². The highest BCUT2D eigenvalue weighted by molar-refractivity contribution is 7.89. The quantitative estimate of drug-likeness (QED) is 0.663. The molecular formula is C10H12N2O5S. The van der Waals surface area contributed by atoms with Gasteiger partial charge in [0.15, 0.2) is 0 Å². The van der Waals surface area contributed by atoms with Gasteiger partial charge < -0.3 is 10.4 Å². The Morgan fingerprint density at radius 2 is 2.00 bits per heavy atom. The highest BCUT2D eigenvalue weighted by Crippen LogP contribution is 2.11. The summed E-state index contributed by atoms with van der Waals surface area (Å²) < 4.78 is 25.5. The first-order chi connectivity index (χ1) is 8.36. The Balaban J connectivity index is 2.95. The van der Waals surface area contributed by atoms with Crippen molar-refractivity contribution in [2.45, 2.75) is 4.90 Å². The second-order valence-electron chi connectivity index (χ2n) is 3.33. The molecule has 0 radical (unpaired) electrons. The summed E-state index contributed by atoms with van der Waals surface area (Å²) in [7, 11) is -2.52. The van der Waals surface area contributed by atoms with E-state index in [9.17, 15) is 18.0 Å². The van der Waals surface area contributed by atoms with Crippen LogP contribution in [-0.4, -0.2) is 39.0 Å². The molecule has 1 aromatic rings. The molecule has 0 atom stereocenters. The number of hydrogen-bond acceptors (Lipinski definition) is 4. The van der Waals surface area contributed by atoms with E-state index in [1.807, 2.05) is 0 Å². The van der Waals surface area contributed by atoms with Crippen LogP contribution in [0.25, 0.3) is 0 Å². The summed E-state index contributed by atoms with van der Waals surface area (Å²) in [5.74, 6) is -1.72. The van der Waals surface area contributed by atoms with Crippen LogP contribution in [0.3, 0.4) is 0 Å². The predicted octanol–water partition coefficient (Wildman–Crippen LogP) is -0.591. The second kappa shape index (κ2) is 5.61. The summed E-state index contributed by atoms with van der Waals surface area (Å²) in [6, 6.07) is 4.87. The van der Waals surface area contributed by atoms with E-state index >= 15 is 0 Å². The molecule has 0 aliphatic carbocycles. The molecule has 1 aromatic carbocycles. The van der Waals surface area contributed by atoms with Gasteiger partial charge in [-0.3, -0.25) is 4.79 Å². The van der Waals surface area contributed by atoms with Gasteiger partial charge in [0.05, 0.1) is 17.0 Å². The minimum atomic E-state index is -3.90. The van der Waals surface area contributed by atoms with Crippen LogP contribution in [0.2, 0.25) is 0 Å². The largest absolute Gasteiger partial charge is 0.478 e. The number of benzene rings is 1. The van der Waals surface area contributed by atoms with Crippen molar-refractivity contribution in [3.8, 4) is 0 Å². The number of carboxylic acids is 1. The Kier molecular flexibility index (Phi) is 4.40. The number of carbonyl (C=O) groups excluding carboxylic acids is 1. The van der Waals surface area contributed by atoms with E-state index in [4.69, 9.17) is 5.11 Å². The number of carboxylic acid groups (broad SMARTS) is 1. The van der Waals surface area contributed by atoms with E-state index in [0.29, 0.717) is 0 Å². The van der Waals surface area contributed by atoms with Crippen LogP contribution in [0.4, 0.5) is 0 Å². The van der Waals surface area contributed by atoms with Crippen LogP contribution in [0, 0.1) is 0 Å². The standard InChI is InChI=1S/C10H12N2O5S/c1-11-9(13)6-12-18(16,17)8-4-2-3-7(5-8)10(14)15/h2-5,12H,6H2,1H3,(H,11,13)(H,14,15). The zero-order chi connectivity index (χ0) is 13.8. The number of hydrogen-bond donors (Lipinski definition) is 3. The Labute approximate surface area is 104 Å². The molecule has 1 rings (SSSR count). The van der Waals surface area contributed by atoms with Crippen molar-refractivity contribution in [2.24, 2.45) is 0 Å². The number of likely N-dealkylation sites (N-methyl/N-ethyl adjacent to an activating group) is 1. The lowest BCUT2D eigenvalue weighted by atomic mass is 10.2. The lowest BCUT2D eigenvalue weighted by Gasteiger charge is -2.06. The Bertz CT molecular complexity index is 567. The van der Waals surface area contributed by atoms with Gasteiger partial charge in [-0.05, 0) is 18.2 Å². The fraction of sp³-hybridized carbons (Fsp3) is 0.200. The maximum atomic E-state index is 11.7. The molecule has 0 aromatic heterocycles. The smallest absolute Gasteiger partial charge is 0.335 e. The fourth-order valence-electron chi connectivity index (χ4n) is 1.13. The van der Waals surface area contributed by atoms with Gasteiger partial charge in [0.25, 0.3) is 0 Å². The average Bonchev–Trinajstić information content (AvgIpc) is 2.36. The molecule has 0 spiro atoms. The Morgan fingerprint density at radius 1 is 1.33 bits per heavy atom. The molecule has 0 heterocycles. The third kappa shape index (κ3) is 3.54. The van der Waals surface area contributed by atoms with E-state index in [2.05, 4.69) is 10.0 Å². The highest BCUT2D eigenvalue weighted by atomic mass is 32.2. The third-order valence-electron chi connectivity index (χ3n) is 2.09. The molecular weight excluding hydrogens is 260 g/mol. The number of sulfonamides is 1. The van der Waals surface area contributed by atoms with Crippen LogP contribution in [0.15, 0.2) is 29.2 Å². The van der Waals surface area contributed by atoms with Crippen molar-refractivity contribution in [1.82, 2.24) is 10.0 Å². The van der Waals surface area contributed by atoms with Crippen molar-refractivity contribution < 1.29 is 23.1 Å². The molecule has 0 bridgehead atoms. The van der Waals surface area contributed by atoms with E-state index in [0.717, 1.165) is 6.07 Å². The predicted molar refractivity (Wildman–Crippen MR) is 62.7 cm³/mol. The van der Waals surface area contributed by atoms with Crippen molar-refractivity contribution >= 4 is 21.9 Å². The minimum Gasteiger partial charge on any atom is -0.478 e. The lowest BCUT2D eigenvalue weighted by Crippen LogP contribution is -2.35. The first-order valence-corrected chi connectivity index (χ1v) is 6.39. The molecule has 0 aliphatic heterocycles. The van der Waals surface area contributed by atoms with Crippen LogP contribution >= 0.6 is 0 Å².